The van der Waals surface area contributed by atoms with E-state index in [0.717, 1.165) is 41.8 Å². The van der Waals surface area contributed by atoms with Crippen LogP contribution < -0.4 is 9.62 Å². The summed E-state index contributed by atoms with van der Waals surface area (Å²) < 4.78 is 26.1. The highest BCUT2D eigenvalue weighted by Gasteiger charge is 2.31. The number of halogens is 2. The van der Waals surface area contributed by atoms with E-state index in [9.17, 15) is 18.0 Å². The van der Waals surface area contributed by atoms with E-state index in [0.29, 0.717) is 10.0 Å². The number of hydrogen-bond acceptors (Lipinski definition) is 4. The molecule has 10 heteroatoms. The minimum atomic E-state index is -3.80. The number of anilines is 1. The molecular weight excluding hydrogens is 497 g/mol. The topological polar surface area (TPSA) is 86.8 Å². The van der Waals surface area contributed by atoms with Gasteiger partial charge >= 0.3 is 0 Å². The van der Waals surface area contributed by atoms with Crippen molar-refractivity contribution < 1.29 is 18.0 Å². The van der Waals surface area contributed by atoms with Gasteiger partial charge in [-0.3, -0.25) is 13.9 Å². The van der Waals surface area contributed by atoms with E-state index in [1.54, 1.807) is 49.4 Å². The first-order valence-corrected chi connectivity index (χ1v) is 13.7. The SMILES string of the molecule is C[C@@H](C(=O)NC1CCCC1)N(Cc1cccc(Cl)c1)C(=O)CN(c1cccc(Cl)c1)S(C)(=O)=O. The lowest BCUT2D eigenvalue weighted by Gasteiger charge is -2.32. The van der Waals surface area contributed by atoms with Crippen LogP contribution in [0.4, 0.5) is 5.69 Å². The van der Waals surface area contributed by atoms with Gasteiger partial charge in [-0.25, -0.2) is 8.42 Å². The molecule has 1 aliphatic carbocycles. The maximum absolute atomic E-state index is 13.5. The fourth-order valence-electron chi connectivity index (χ4n) is 4.05. The fourth-order valence-corrected chi connectivity index (χ4v) is 5.29. The number of amides is 2. The van der Waals surface area contributed by atoms with Gasteiger partial charge in [-0.15, -0.1) is 0 Å². The first-order valence-electron chi connectivity index (χ1n) is 11.1. The Kier molecular flexibility index (Phi) is 8.84. The van der Waals surface area contributed by atoms with Gasteiger partial charge in [0.25, 0.3) is 0 Å². The number of carbonyl (C=O) groups excluding carboxylic acids is 2. The summed E-state index contributed by atoms with van der Waals surface area (Å²) in [6, 6.07) is 12.6. The van der Waals surface area contributed by atoms with Crippen LogP contribution in [0, 0.1) is 0 Å². The van der Waals surface area contributed by atoms with Crippen molar-refractivity contribution in [3.8, 4) is 0 Å². The molecule has 1 saturated carbocycles. The second-order valence-corrected chi connectivity index (χ2v) is 11.3. The number of sulfonamides is 1. The van der Waals surface area contributed by atoms with Crippen molar-refractivity contribution in [3.63, 3.8) is 0 Å². The van der Waals surface area contributed by atoms with Crippen molar-refractivity contribution in [3.05, 3.63) is 64.1 Å². The molecule has 2 aromatic rings. The van der Waals surface area contributed by atoms with E-state index in [2.05, 4.69) is 5.32 Å². The Hall–Kier alpha value is -2.29. The lowest BCUT2D eigenvalue weighted by atomic mass is 10.1. The van der Waals surface area contributed by atoms with Crippen LogP contribution in [0.2, 0.25) is 10.0 Å². The molecule has 0 radical (unpaired) electrons. The predicted octanol–water partition coefficient (Wildman–Crippen LogP) is 4.24. The van der Waals surface area contributed by atoms with Crippen LogP contribution in [-0.2, 0) is 26.2 Å². The summed E-state index contributed by atoms with van der Waals surface area (Å²) in [6.07, 6.45) is 4.98. The van der Waals surface area contributed by atoms with Gasteiger partial charge in [0.1, 0.15) is 12.6 Å². The summed E-state index contributed by atoms with van der Waals surface area (Å²) >= 11 is 12.2. The van der Waals surface area contributed by atoms with Gasteiger partial charge in [-0.1, -0.05) is 54.2 Å². The van der Waals surface area contributed by atoms with E-state index in [4.69, 9.17) is 23.2 Å². The Morgan fingerprint density at radius 1 is 1.06 bits per heavy atom. The van der Waals surface area contributed by atoms with E-state index in [1.807, 2.05) is 0 Å². The Bertz CT molecular complexity index is 1140. The highest BCUT2D eigenvalue weighted by molar-refractivity contribution is 7.92. The average Bonchev–Trinajstić information content (AvgIpc) is 3.27. The van der Waals surface area contributed by atoms with Crippen LogP contribution in [0.1, 0.15) is 38.2 Å². The number of rotatable bonds is 9. The van der Waals surface area contributed by atoms with Gasteiger partial charge in [-0.2, -0.15) is 0 Å². The minimum Gasteiger partial charge on any atom is -0.352 e. The molecule has 34 heavy (non-hydrogen) atoms. The largest absolute Gasteiger partial charge is 0.352 e. The number of carbonyl (C=O) groups is 2. The van der Waals surface area contributed by atoms with Crippen molar-refractivity contribution in [1.29, 1.82) is 0 Å². The first-order chi connectivity index (χ1) is 16.0. The van der Waals surface area contributed by atoms with Crippen molar-refractivity contribution in [2.45, 2.75) is 51.2 Å². The molecule has 2 amide bonds. The lowest BCUT2D eigenvalue weighted by molar-refractivity contribution is -0.139. The highest BCUT2D eigenvalue weighted by Crippen LogP contribution is 2.23. The van der Waals surface area contributed by atoms with Crippen LogP contribution in [0.25, 0.3) is 0 Å². The minimum absolute atomic E-state index is 0.0945. The van der Waals surface area contributed by atoms with Gasteiger partial charge < -0.3 is 10.2 Å². The summed E-state index contributed by atoms with van der Waals surface area (Å²) in [7, 11) is -3.80. The van der Waals surface area contributed by atoms with Crippen LogP contribution in [0.3, 0.4) is 0 Å². The molecule has 1 aliphatic rings. The molecule has 0 spiro atoms. The Labute approximate surface area is 211 Å². The molecule has 0 unspecified atom stereocenters. The van der Waals surface area contributed by atoms with Gasteiger partial charge in [-0.05, 0) is 55.7 Å². The summed E-state index contributed by atoms with van der Waals surface area (Å²) in [5, 5.41) is 3.88. The Morgan fingerprint density at radius 2 is 1.68 bits per heavy atom. The van der Waals surface area contributed by atoms with Crippen molar-refractivity contribution in [2.24, 2.45) is 0 Å². The maximum Gasteiger partial charge on any atom is 0.244 e. The molecule has 1 N–H and O–H groups in total. The second-order valence-electron chi connectivity index (χ2n) is 8.57. The summed E-state index contributed by atoms with van der Waals surface area (Å²) in [4.78, 5) is 27.9. The molecule has 0 aromatic heterocycles. The van der Waals surface area contributed by atoms with E-state index in [1.165, 1.54) is 11.0 Å². The zero-order chi connectivity index (χ0) is 24.9. The van der Waals surface area contributed by atoms with Gasteiger partial charge in [0, 0.05) is 22.6 Å². The third-order valence-electron chi connectivity index (χ3n) is 5.89. The van der Waals surface area contributed by atoms with Crippen LogP contribution in [-0.4, -0.2) is 50.0 Å². The van der Waals surface area contributed by atoms with Crippen molar-refractivity contribution >= 4 is 50.7 Å². The van der Waals surface area contributed by atoms with Gasteiger partial charge in [0.15, 0.2) is 0 Å². The molecular formula is C24H29Cl2N3O4S. The Morgan fingerprint density at radius 3 is 2.26 bits per heavy atom. The summed E-state index contributed by atoms with van der Waals surface area (Å²) in [5.41, 5.74) is 1.00. The second kappa shape index (κ2) is 11.4. The third-order valence-corrected chi connectivity index (χ3v) is 7.50. The van der Waals surface area contributed by atoms with Gasteiger partial charge in [0.2, 0.25) is 21.8 Å². The standard InChI is InChI=1S/C24H29Cl2N3O4S/c1-17(24(31)27-21-10-3-4-11-21)28(15-18-7-5-8-19(25)13-18)23(30)16-29(34(2,32)33)22-12-6-9-20(26)14-22/h5-9,12-14,17,21H,3-4,10-11,15-16H2,1-2H3,(H,27,31)/t17-/m0/s1. The van der Waals surface area contributed by atoms with Gasteiger partial charge in [0.05, 0.1) is 11.9 Å². The van der Waals surface area contributed by atoms with Crippen LogP contribution in [0.5, 0.6) is 0 Å². The molecule has 0 bridgehead atoms. The summed E-state index contributed by atoms with van der Waals surface area (Å²) in [6.45, 7) is 1.28. The Balaban J connectivity index is 1.88. The molecule has 7 nitrogen and oxygen atoms in total. The molecule has 0 saturated heterocycles. The molecule has 1 atom stereocenters. The quantitative estimate of drug-likeness (QED) is 0.530. The highest BCUT2D eigenvalue weighted by atomic mass is 35.5. The van der Waals surface area contributed by atoms with Crippen LogP contribution in [0.15, 0.2) is 48.5 Å². The van der Waals surface area contributed by atoms with Crippen molar-refractivity contribution in [2.75, 3.05) is 17.1 Å². The zero-order valence-corrected chi connectivity index (χ0v) is 21.5. The number of benzene rings is 2. The fraction of sp³-hybridized carbons (Fsp3) is 0.417. The van der Waals surface area contributed by atoms with E-state index >= 15 is 0 Å². The first kappa shape index (κ1) is 26.3. The number of nitrogens with zero attached hydrogens (tertiary/aromatic N) is 2. The summed E-state index contributed by atoms with van der Waals surface area (Å²) in [5.74, 6) is -0.782. The molecule has 3 rings (SSSR count). The molecule has 2 aromatic carbocycles. The zero-order valence-electron chi connectivity index (χ0n) is 19.2. The van der Waals surface area contributed by atoms with E-state index < -0.39 is 28.5 Å². The maximum atomic E-state index is 13.5. The normalized spacial score (nSPS) is 15.1. The van der Waals surface area contributed by atoms with Crippen molar-refractivity contribution in [1.82, 2.24) is 10.2 Å². The molecule has 0 aliphatic heterocycles. The molecule has 184 valence electrons. The van der Waals surface area contributed by atoms with Crippen LogP contribution >= 0.6 is 23.2 Å². The number of hydrogen-bond donors (Lipinski definition) is 1. The number of nitrogens with one attached hydrogen (secondary N) is 1. The molecule has 1 fully saturated rings. The third kappa shape index (κ3) is 7.10. The molecule has 0 heterocycles. The average molecular weight is 526 g/mol. The smallest absolute Gasteiger partial charge is 0.244 e. The predicted molar refractivity (Wildman–Crippen MR) is 136 cm³/mol. The lowest BCUT2D eigenvalue weighted by Crippen LogP contribution is -2.52. The van der Waals surface area contributed by atoms with E-state index in [-0.39, 0.29) is 24.2 Å². The monoisotopic (exact) mass is 525 g/mol.